The van der Waals surface area contributed by atoms with Crippen molar-refractivity contribution in [3.8, 4) is 0 Å². The molecule has 4 nitrogen and oxygen atoms in total. The zero-order valence-electron chi connectivity index (χ0n) is 12.6. The van der Waals surface area contributed by atoms with E-state index in [1.165, 1.54) is 0 Å². The van der Waals surface area contributed by atoms with E-state index in [0.29, 0.717) is 17.1 Å². The molecule has 1 saturated heterocycles. The number of halogens is 1. The Kier molecular flexibility index (Phi) is 4.63. The third-order valence-electron chi connectivity index (χ3n) is 3.79. The van der Waals surface area contributed by atoms with Gasteiger partial charge in [-0.1, -0.05) is 29.8 Å². The summed E-state index contributed by atoms with van der Waals surface area (Å²) in [5.74, 6) is 0.0636. The van der Waals surface area contributed by atoms with E-state index in [-0.39, 0.29) is 18.2 Å². The smallest absolute Gasteiger partial charge is 0.228 e. The van der Waals surface area contributed by atoms with Crippen LogP contribution in [0.2, 0.25) is 5.02 Å². The first-order valence-corrected chi connectivity index (χ1v) is 7.94. The quantitative estimate of drug-likeness (QED) is 0.931. The molecule has 0 bridgehead atoms. The Morgan fingerprint density at radius 3 is 2.61 bits per heavy atom. The number of hydrogen-bond acceptors (Lipinski definition) is 2. The van der Waals surface area contributed by atoms with Gasteiger partial charge in [-0.3, -0.25) is 9.59 Å². The van der Waals surface area contributed by atoms with Crippen LogP contribution in [0.5, 0.6) is 0 Å². The molecule has 3 rings (SSSR count). The summed E-state index contributed by atoms with van der Waals surface area (Å²) in [6, 6.07) is 14.6. The standard InChI is InChI=1S/C18H17ClN2O2/c19-14-3-1-4-15(12-14)20-17(22)11-13-6-8-16(9-7-13)21-10-2-5-18(21)23/h1,3-4,6-9,12H,2,5,10-11H2,(H,20,22). The molecular formula is C18H17ClN2O2. The second-order valence-electron chi connectivity index (χ2n) is 5.55. The normalized spacial score (nSPS) is 14.1. The molecule has 0 saturated carbocycles. The Morgan fingerprint density at radius 2 is 1.96 bits per heavy atom. The molecule has 0 spiro atoms. The fraction of sp³-hybridized carbons (Fsp3) is 0.222. The maximum absolute atomic E-state index is 12.1. The molecule has 23 heavy (non-hydrogen) atoms. The van der Waals surface area contributed by atoms with Crippen LogP contribution in [0.1, 0.15) is 18.4 Å². The van der Waals surface area contributed by atoms with E-state index >= 15 is 0 Å². The van der Waals surface area contributed by atoms with E-state index in [1.807, 2.05) is 24.3 Å². The van der Waals surface area contributed by atoms with Gasteiger partial charge in [0, 0.05) is 29.4 Å². The van der Waals surface area contributed by atoms with Gasteiger partial charge >= 0.3 is 0 Å². The van der Waals surface area contributed by atoms with Crippen LogP contribution in [0.4, 0.5) is 11.4 Å². The molecule has 5 heteroatoms. The summed E-state index contributed by atoms with van der Waals surface area (Å²) < 4.78 is 0. The van der Waals surface area contributed by atoms with E-state index in [4.69, 9.17) is 11.6 Å². The highest BCUT2D eigenvalue weighted by atomic mass is 35.5. The average molecular weight is 329 g/mol. The van der Waals surface area contributed by atoms with Gasteiger partial charge in [0.2, 0.25) is 11.8 Å². The molecular weight excluding hydrogens is 312 g/mol. The number of nitrogens with one attached hydrogen (secondary N) is 1. The maximum Gasteiger partial charge on any atom is 0.228 e. The van der Waals surface area contributed by atoms with Gasteiger partial charge in [0.25, 0.3) is 0 Å². The van der Waals surface area contributed by atoms with Crippen molar-refractivity contribution in [1.82, 2.24) is 0 Å². The maximum atomic E-state index is 12.1. The molecule has 0 aliphatic carbocycles. The van der Waals surface area contributed by atoms with Gasteiger partial charge in [-0.15, -0.1) is 0 Å². The highest BCUT2D eigenvalue weighted by molar-refractivity contribution is 6.30. The first kappa shape index (κ1) is 15.6. The fourth-order valence-electron chi connectivity index (χ4n) is 2.67. The van der Waals surface area contributed by atoms with E-state index in [1.54, 1.807) is 29.2 Å². The molecule has 0 unspecified atom stereocenters. The lowest BCUT2D eigenvalue weighted by Gasteiger charge is -2.15. The Balaban J connectivity index is 1.61. The van der Waals surface area contributed by atoms with Crippen LogP contribution >= 0.6 is 11.6 Å². The van der Waals surface area contributed by atoms with Gasteiger partial charge in [0.1, 0.15) is 0 Å². The van der Waals surface area contributed by atoms with Gasteiger partial charge < -0.3 is 10.2 Å². The fourth-order valence-corrected chi connectivity index (χ4v) is 2.86. The lowest BCUT2D eigenvalue weighted by molar-refractivity contribution is -0.117. The number of hydrogen-bond donors (Lipinski definition) is 1. The Bertz CT molecular complexity index is 728. The molecule has 0 atom stereocenters. The monoisotopic (exact) mass is 328 g/mol. The van der Waals surface area contributed by atoms with E-state index in [9.17, 15) is 9.59 Å². The number of benzene rings is 2. The Hall–Kier alpha value is -2.33. The van der Waals surface area contributed by atoms with Gasteiger partial charge in [0.15, 0.2) is 0 Å². The molecule has 2 aromatic rings. The topological polar surface area (TPSA) is 49.4 Å². The van der Waals surface area contributed by atoms with E-state index in [2.05, 4.69) is 5.32 Å². The van der Waals surface area contributed by atoms with Crippen molar-refractivity contribution >= 4 is 34.8 Å². The predicted molar refractivity (Wildman–Crippen MR) is 91.8 cm³/mol. The van der Waals surface area contributed by atoms with Crippen molar-refractivity contribution in [2.24, 2.45) is 0 Å². The summed E-state index contributed by atoms with van der Waals surface area (Å²) in [5, 5.41) is 3.41. The van der Waals surface area contributed by atoms with Crippen molar-refractivity contribution in [2.45, 2.75) is 19.3 Å². The average Bonchev–Trinajstić information content (AvgIpc) is 2.94. The molecule has 2 aromatic carbocycles. The van der Waals surface area contributed by atoms with Crippen LogP contribution < -0.4 is 10.2 Å². The Morgan fingerprint density at radius 1 is 1.17 bits per heavy atom. The van der Waals surface area contributed by atoms with Crippen LogP contribution in [-0.4, -0.2) is 18.4 Å². The van der Waals surface area contributed by atoms with Crippen molar-refractivity contribution in [3.05, 3.63) is 59.1 Å². The lowest BCUT2D eigenvalue weighted by atomic mass is 10.1. The van der Waals surface area contributed by atoms with Gasteiger partial charge in [-0.05, 0) is 42.3 Å². The van der Waals surface area contributed by atoms with Crippen LogP contribution in [0, 0.1) is 0 Å². The number of anilines is 2. The summed E-state index contributed by atoms with van der Waals surface area (Å²) >= 11 is 5.90. The van der Waals surface area contributed by atoms with Crippen molar-refractivity contribution in [2.75, 3.05) is 16.8 Å². The summed E-state index contributed by atoms with van der Waals surface area (Å²) in [7, 11) is 0. The minimum Gasteiger partial charge on any atom is -0.326 e. The third kappa shape index (κ3) is 3.90. The molecule has 1 N–H and O–H groups in total. The third-order valence-corrected chi connectivity index (χ3v) is 4.03. The van der Waals surface area contributed by atoms with Gasteiger partial charge in [-0.25, -0.2) is 0 Å². The van der Waals surface area contributed by atoms with Crippen molar-refractivity contribution < 1.29 is 9.59 Å². The summed E-state index contributed by atoms with van der Waals surface area (Å²) in [6.45, 7) is 0.771. The van der Waals surface area contributed by atoms with Gasteiger partial charge in [-0.2, -0.15) is 0 Å². The van der Waals surface area contributed by atoms with Gasteiger partial charge in [0.05, 0.1) is 6.42 Å². The van der Waals surface area contributed by atoms with Crippen LogP contribution in [0.15, 0.2) is 48.5 Å². The van der Waals surface area contributed by atoms with Crippen LogP contribution in [0.25, 0.3) is 0 Å². The predicted octanol–water partition coefficient (Wildman–Crippen LogP) is 3.65. The molecule has 118 valence electrons. The van der Waals surface area contributed by atoms with Crippen molar-refractivity contribution in [3.63, 3.8) is 0 Å². The molecule has 0 aromatic heterocycles. The summed E-state index contributed by atoms with van der Waals surface area (Å²) in [6.07, 6.45) is 1.80. The molecule has 1 aliphatic rings. The molecule has 1 fully saturated rings. The largest absolute Gasteiger partial charge is 0.326 e. The first-order chi connectivity index (χ1) is 11.1. The van der Waals surface area contributed by atoms with E-state index in [0.717, 1.165) is 24.2 Å². The SMILES string of the molecule is O=C(Cc1ccc(N2CCCC2=O)cc1)Nc1cccc(Cl)c1. The zero-order chi connectivity index (χ0) is 16.2. The van der Waals surface area contributed by atoms with E-state index < -0.39 is 0 Å². The van der Waals surface area contributed by atoms with Crippen molar-refractivity contribution in [1.29, 1.82) is 0 Å². The second-order valence-corrected chi connectivity index (χ2v) is 5.99. The first-order valence-electron chi connectivity index (χ1n) is 7.56. The number of carbonyl (C=O) groups excluding carboxylic acids is 2. The second kappa shape index (κ2) is 6.84. The minimum absolute atomic E-state index is 0.0998. The molecule has 1 heterocycles. The van der Waals surface area contributed by atoms with Crippen LogP contribution in [-0.2, 0) is 16.0 Å². The molecule has 2 amide bonds. The summed E-state index contributed by atoms with van der Waals surface area (Å²) in [4.78, 5) is 25.6. The minimum atomic E-state index is -0.0998. The highest BCUT2D eigenvalue weighted by Gasteiger charge is 2.21. The number of nitrogens with zero attached hydrogens (tertiary/aromatic N) is 1. The molecule has 0 radical (unpaired) electrons. The van der Waals surface area contributed by atoms with Crippen LogP contribution in [0.3, 0.4) is 0 Å². The highest BCUT2D eigenvalue weighted by Crippen LogP contribution is 2.22. The molecule has 1 aliphatic heterocycles. The Labute approximate surface area is 140 Å². The number of rotatable bonds is 4. The number of carbonyl (C=O) groups is 2. The number of amides is 2. The lowest BCUT2D eigenvalue weighted by Crippen LogP contribution is -2.23. The zero-order valence-corrected chi connectivity index (χ0v) is 13.3. The summed E-state index contributed by atoms with van der Waals surface area (Å²) in [5.41, 5.74) is 2.48.